The lowest BCUT2D eigenvalue weighted by molar-refractivity contribution is 0.735. The normalized spacial score (nSPS) is 12.6. The molecule has 0 aliphatic carbocycles. The second kappa shape index (κ2) is 4.15. The molecule has 1 unspecified atom stereocenters. The summed E-state index contributed by atoms with van der Waals surface area (Å²) in [4.78, 5) is 0. The maximum Gasteiger partial charge on any atom is 0.0372 e. The largest absolute Gasteiger partial charge is 0.388 e. The smallest absolute Gasteiger partial charge is 0.0372 e. The molecule has 0 aromatic heterocycles. The van der Waals surface area contributed by atoms with Gasteiger partial charge in [-0.1, -0.05) is 32.0 Å². The SMILES string of the molecule is CCC(C)c1ccccc1NC. The summed E-state index contributed by atoms with van der Waals surface area (Å²) in [6.45, 7) is 4.48. The van der Waals surface area contributed by atoms with Crippen LogP contribution in [0.15, 0.2) is 24.3 Å². The minimum absolute atomic E-state index is 0.647. The average Bonchev–Trinajstić information content (AvgIpc) is 2.16. The van der Waals surface area contributed by atoms with Crippen molar-refractivity contribution in [3.05, 3.63) is 29.8 Å². The Balaban J connectivity index is 2.96. The molecular formula is C11H17N. The van der Waals surface area contributed by atoms with Gasteiger partial charge in [-0.15, -0.1) is 0 Å². The molecule has 1 heteroatoms. The van der Waals surface area contributed by atoms with Crippen LogP contribution in [-0.2, 0) is 0 Å². The fourth-order valence-electron chi connectivity index (χ4n) is 1.37. The van der Waals surface area contributed by atoms with E-state index in [9.17, 15) is 0 Å². The predicted molar refractivity (Wildman–Crippen MR) is 54.7 cm³/mol. The molecule has 0 saturated carbocycles. The highest BCUT2D eigenvalue weighted by Gasteiger charge is 2.05. The van der Waals surface area contributed by atoms with Gasteiger partial charge in [0.25, 0.3) is 0 Å². The number of benzene rings is 1. The van der Waals surface area contributed by atoms with Gasteiger partial charge in [-0.2, -0.15) is 0 Å². The molecule has 1 N–H and O–H groups in total. The lowest BCUT2D eigenvalue weighted by Crippen LogP contribution is -1.98. The molecule has 1 rings (SSSR count). The van der Waals surface area contributed by atoms with Crippen molar-refractivity contribution in [3.8, 4) is 0 Å². The third-order valence-electron chi connectivity index (χ3n) is 2.37. The summed E-state index contributed by atoms with van der Waals surface area (Å²) in [7, 11) is 1.97. The van der Waals surface area contributed by atoms with Crippen LogP contribution in [-0.4, -0.2) is 7.05 Å². The fourth-order valence-corrected chi connectivity index (χ4v) is 1.37. The van der Waals surface area contributed by atoms with Gasteiger partial charge in [0, 0.05) is 12.7 Å². The Bertz CT molecular complexity index is 243. The topological polar surface area (TPSA) is 12.0 Å². The molecule has 0 bridgehead atoms. The number of nitrogens with one attached hydrogen (secondary N) is 1. The highest BCUT2D eigenvalue weighted by atomic mass is 14.8. The summed E-state index contributed by atoms with van der Waals surface area (Å²) < 4.78 is 0. The number of anilines is 1. The summed E-state index contributed by atoms with van der Waals surface area (Å²) >= 11 is 0. The van der Waals surface area contributed by atoms with Crippen LogP contribution in [0, 0.1) is 0 Å². The number of hydrogen-bond acceptors (Lipinski definition) is 1. The van der Waals surface area contributed by atoms with E-state index in [1.54, 1.807) is 0 Å². The fraction of sp³-hybridized carbons (Fsp3) is 0.455. The van der Waals surface area contributed by atoms with E-state index >= 15 is 0 Å². The van der Waals surface area contributed by atoms with E-state index in [2.05, 4.69) is 43.4 Å². The Morgan fingerprint density at radius 2 is 2.00 bits per heavy atom. The van der Waals surface area contributed by atoms with Crippen molar-refractivity contribution >= 4 is 5.69 Å². The van der Waals surface area contributed by atoms with E-state index in [0.29, 0.717) is 5.92 Å². The molecule has 0 aliphatic heterocycles. The molecule has 1 aromatic rings. The van der Waals surface area contributed by atoms with Gasteiger partial charge in [0.1, 0.15) is 0 Å². The summed E-state index contributed by atoms with van der Waals surface area (Å²) in [6, 6.07) is 8.49. The van der Waals surface area contributed by atoms with Gasteiger partial charge in [0.05, 0.1) is 0 Å². The van der Waals surface area contributed by atoms with E-state index in [0.717, 1.165) is 0 Å². The first kappa shape index (κ1) is 9.11. The minimum Gasteiger partial charge on any atom is -0.388 e. The van der Waals surface area contributed by atoms with Crippen LogP contribution in [0.25, 0.3) is 0 Å². The minimum atomic E-state index is 0.647. The maximum absolute atomic E-state index is 3.21. The molecule has 1 atom stereocenters. The van der Waals surface area contributed by atoms with E-state index in [4.69, 9.17) is 0 Å². The highest BCUT2D eigenvalue weighted by Crippen LogP contribution is 2.25. The number of para-hydroxylation sites is 1. The van der Waals surface area contributed by atoms with Gasteiger partial charge in [-0.05, 0) is 24.0 Å². The van der Waals surface area contributed by atoms with Crippen molar-refractivity contribution in [1.29, 1.82) is 0 Å². The van der Waals surface area contributed by atoms with E-state index < -0.39 is 0 Å². The van der Waals surface area contributed by atoms with Crippen LogP contribution in [0.2, 0.25) is 0 Å². The Hall–Kier alpha value is -0.980. The van der Waals surface area contributed by atoms with Crippen molar-refractivity contribution in [2.45, 2.75) is 26.2 Å². The van der Waals surface area contributed by atoms with Crippen molar-refractivity contribution in [2.24, 2.45) is 0 Å². The lowest BCUT2D eigenvalue weighted by Gasteiger charge is -2.13. The molecule has 0 radical (unpaired) electrons. The Kier molecular flexibility index (Phi) is 3.15. The zero-order valence-electron chi connectivity index (χ0n) is 8.09. The second-order valence-corrected chi connectivity index (χ2v) is 3.15. The average molecular weight is 163 g/mol. The molecule has 12 heavy (non-hydrogen) atoms. The van der Waals surface area contributed by atoms with Crippen molar-refractivity contribution < 1.29 is 0 Å². The monoisotopic (exact) mass is 163 g/mol. The third-order valence-corrected chi connectivity index (χ3v) is 2.37. The molecule has 0 spiro atoms. The van der Waals surface area contributed by atoms with Gasteiger partial charge < -0.3 is 5.32 Å². The molecule has 1 nitrogen and oxygen atoms in total. The molecule has 0 heterocycles. The highest BCUT2D eigenvalue weighted by molar-refractivity contribution is 5.51. The quantitative estimate of drug-likeness (QED) is 0.721. The molecule has 66 valence electrons. The van der Waals surface area contributed by atoms with Crippen molar-refractivity contribution in [2.75, 3.05) is 12.4 Å². The van der Waals surface area contributed by atoms with Crippen LogP contribution in [0.3, 0.4) is 0 Å². The first-order valence-electron chi connectivity index (χ1n) is 4.56. The predicted octanol–water partition coefficient (Wildman–Crippen LogP) is 3.24. The molecule has 0 fully saturated rings. The Morgan fingerprint density at radius 3 is 2.58 bits per heavy atom. The van der Waals surface area contributed by atoms with Crippen LogP contribution >= 0.6 is 0 Å². The zero-order valence-corrected chi connectivity index (χ0v) is 8.09. The first-order chi connectivity index (χ1) is 5.79. The zero-order chi connectivity index (χ0) is 8.97. The van der Waals surface area contributed by atoms with Crippen molar-refractivity contribution in [3.63, 3.8) is 0 Å². The van der Waals surface area contributed by atoms with E-state index in [1.807, 2.05) is 7.05 Å². The Morgan fingerprint density at radius 1 is 1.33 bits per heavy atom. The van der Waals surface area contributed by atoms with Crippen molar-refractivity contribution in [1.82, 2.24) is 0 Å². The number of rotatable bonds is 3. The van der Waals surface area contributed by atoms with Gasteiger partial charge in [-0.25, -0.2) is 0 Å². The standard InChI is InChI=1S/C11H17N/c1-4-9(2)10-7-5-6-8-11(10)12-3/h5-9,12H,4H2,1-3H3. The summed E-state index contributed by atoms with van der Waals surface area (Å²) in [5, 5.41) is 3.21. The second-order valence-electron chi connectivity index (χ2n) is 3.15. The third kappa shape index (κ3) is 1.79. The van der Waals surface area contributed by atoms with Gasteiger partial charge in [-0.3, -0.25) is 0 Å². The Labute approximate surface area is 74.8 Å². The molecule has 1 aromatic carbocycles. The maximum atomic E-state index is 3.21. The van der Waals surface area contributed by atoms with Gasteiger partial charge in [0.2, 0.25) is 0 Å². The van der Waals surface area contributed by atoms with Crippen LogP contribution in [0.4, 0.5) is 5.69 Å². The first-order valence-corrected chi connectivity index (χ1v) is 4.56. The summed E-state index contributed by atoms with van der Waals surface area (Å²) in [5.41, 5.74) is 2.68. The van der Waals surface area contributed by atoms with Crippen LogP contribution in [0.5, 0.6) is 0 Å². The summed E-state index contributed by atoms with van der Waals surface area (Å²) in [5.74, 6) is 0.647. The van der Waals surface area contributed by atoms with E-state index in [-0.39, 0.29) is 0 Å². The van der Waals surface area contributed by atoms with Crippen LogP contribution < -0.4 is 5.32 Å². The lowest BCUT2D eigenvalue weighted by atomic mass is 9.97. The molecule has 0 amide bonds. The molecule has 0 saturated heterocycles. The number of hydrogen-bond donors (Lipinski definition) is 1. The van der Waals surface area contributed by atoms with Gasteiger partial charge >= 0.3 is 0 Å². The van der Waals surface area contributed by atoms with E-state index in [1.165, 1.54) is 17.7 Å². The molecular weight excluding hydrogens is 146 g/mol. The molecule has 0 aliphatic rings. The van der Waals surface area contributed by atoms with Crippen LogP contribution in [0.1, 0.15) is 31.7 Å². The van der Waals surface area contributed by atoms with Gasteiger partial charge in [0.15, 0.2) is 0 Å². The summed E-state index contributed by atoms with van der Waals surface area (Å²) in [6.07, 6.45) is 1.19.